The number of anilines is 2. The predicted octanol–water partition coefficient (Wildman–Crippen LogP) is 2.88. The summed E-state index contributed by atoms with van der Waals surface area (Å²) in [6.07, 6.45) is 3.21. The van der Waals surface area contributed by atoms with Crippen molar-refractivity contribution in [2.45, 2.75) is 52.5 Å². The van der Waals surface area contributed by atoms with Crippen LogP contribution in [0, 0.1) is 44.8 Å². The number of hydrogen-bond donors (Lipinski definition) is 1. The van der Waals surface area contributed by atoms with Crippen LogP contribution in [0.2, 0.25) is 0 Å². The van der Waals surface area contributed by atoms with Crippen LogP contribution in [0.5, 0.6) is 0 Å². The maximum absolute atomic E-state index is 9.73. The first kappa shape index (κ1) is 17.1. The summed E-state index contributed by atoms with van der Waals surface area (Å²) in [7, 11) is 0. The summed E-state index contributed by atoms with van der Waals surface area (Å²) in [5.41, 5.74) is 7.29. The van der Waals surface area contributed by atoms with Gasteiger partial charge in [-0.1, -0.05) is 20.8 Å². The molecule has 1 aliphatic carbocycles. The molecule has 0 aromatic carbocycles. The Morgan fingerprint density at radius 3 is 2.44 bits per heavy atom. The standard InChI is InChI=1S/C19H22N6/c1-18(2)6-12-7-19(3,10-18)11-25(12)17-15(9-22)13(4-5-20)14(8-21)16(23)24-17/h12H,4,6-7,10-11H2,1-3H3,(H2,23,24). The highest BCUT2D eigenvalue weighted by Gasteiger charge is 2.50. The second-order valence-electron chi connectivity index (χ2n) is 8.45. The van der Waals surface area contributed by atoms with Gasteiger partial charge in [-0.25, -0.2) is 4.98 Å². The van der Waals surface area contributed by atoms with Crippen molar-refractivity contribution in [3.05, 3.63) is 16.7 Å². The van der Waals surface area contributed by atoms with Gasteiger partial charge in [0.1, 0.15) is 29.3 Å². The Labute approximate surface area is 148 Å². The molecule has 1 saturated heterocycles. The molecule has 0 amide bonds. The van der Waals surface area contributed by atoms with Crippen LogP contribution in [-0.2, 0) is 6.42 Å². The number of hydrogen-bond acceptors (Lipinski definition) is 6. The van der Waals surface area contributed by atoms with E-state index in [9.17, 15) is 10.5 Å². The van der Waals surface area contributed by atoms with Gasteiger partial charge in [0.15, 0.2) is 0 Å². The molecule has 2 N–H and O–H groups in total. The zero-order valence-electron chi connectivity index (χ0n) is 14.9. The number of fused-ring (bicyclic) bond motifs is 2. The maximum Gasteiger partial charge on any atom is 0.149 e. The van der Waals surface area contributed by atoms with E-state index in [4.69, 9.17) is 11.0 Å². The Morgan fingerprint density at radius 2 is 1.84 bits per heavy atom. The summed E-state index contributed by atoms with van der Waals surface area (Å²) in [5, 5.41) is 28.2. The molecule has 6 nitrogen and oxygen atoms in total. The number of pyridine rings is 1. The summed E-state index contributed by atoms with van der Waals surface area (Å²) >= 11 is 0. The molecule has 1 aromatic rings. The fourth-order valence-electron chi connectivity index (χ4n) is 5.05. The molecular weight excluding hydrogens is 312 g/mol. The number of nitrogen functional groups attached to an aromatic ring is 1. The molecule has 6 heteroatoms. The SMILES string of the molecule is CC1(C)CC2CC(C)(CN2c2nc(N)c(C#N)c(CC#N)c2C#N)C1. The fourth-order valence-corrected chi connectivity index (χ4v) is 5.05. The number of nitrogens with zero attached hydrogens (tertiary/aromatic N) is 5. The van der Waals surface area contributed by atoms with Gasteiger partial charge in [-0.2, -0.15) is 15.8 Å². The first-order valence-electron chi connectivity index (χ1n) is 8.50. The third kappa shape index (κ3) is 2.77. The minimum absolute atomic E-state index is 0.0211. The monoisotopic (exact) mass is 334 g/mol. The zero-order chi connectivity index (χ0) is 18.4. The minimum atomic E-state index is -0.0211. The van der Waals surface area contributed by atoms with Crippen molar-refractivity contribution in [2.75, 3.05) is 17.2 Å². The van der Waals surface area contributed by atoms with E-state index in [0.29, 0.717) is 23.0 Å². The molecule has 2 bridgehead atoms. The van der Waals surface area contributed by atoms with Crippen molar-refractivity contribution in [3.63, 3.8) is 0 Å². The van der Waals surface area contributed by atoms with Gasteiger partial charge in [0.25, 0.3) is 0 Å². The van der Waals surface area contributed by atoms with Gasteiger partial charge < -0.3 is 10.6 Å². The average Bonchev–Trinajstić information content (AvgIpc) is 2.76. The molecule has 2 heterocycles. The summed E-state index contributed by atoms with van der Waals surface area (Å²) in [5.74, 6) is 0.642. The molecule has 1 saturated carbocycles. The molecule has 0 spiro atoms. The van der Waals surface area contributed by atoms with E-state index in [0.717, 1.165) is 25.8 Å². The van der Waals surface area contributed by atoms with E-state index in [2.05, 4.69) is 36.7 Å². The van der Waals surface area contributed by atoms with Crippen molar-refractivity contribution in [3.8, 4) is 18.2 Å². The third-order valence-corrected chi connectivity index (χ3v) is 5.48. The first-order chi connectivity index (χ1) is 11.7. The van der Waals surface area contributed by atoms with Crippen LogP contribution in [0.4, 0.5) is 11.6 Å². The van der Waals surface area contributed by atoms with Gasteiger partial charge in [0.05, 0.1) is 18.1 Å². The van der Waals surface area contributed by atoms with Gasteiger partial charge >= 0.3 is 0 Å². The molecule has 0 radical (unpaired) electrons. The van der Waals surface area contributed by atoms with E-state index < -0.39 is 0 Å². The summed E-state index contributed by atoms with van der Waals surface area (Å²) in [4.78, 5) is 6.61. The minimum Gasteiger partial charge on any atom is -0.383 e. The number of nitrogens with two attached hydrogens (primary N) is 1. The molecule has 1 aliphatic heterocycles. The third-order valence-electron chi connectivity index (χ3n) is 5.48. The molecule has 2 aliphatic rings. The van der Waals surface area contributed by atoms with Crippen molar-refractivity contribution in [1.82, 2.24) is 4.98 Å². The normalized spacial score (nSPS) is 26.6. The van der Waals surface area contributed by atoms with Gasteiger partial charge in [-0.15, -0.1) is 0 Å². The Balaban J connectivity index is 2.15. The number of nitriles is 3. The van der Waals surface area contributed by atoms with E-state index >= 15 is 0 Å². The van der Waals surface area contributed by atoms with Crippen LogP contribution in [-0.4, -0.2) is 17.6 Å². The van der Waals surface area contributed by atoms with E-state index in [-0.39, 0.29) is 28.6 Å². The lowest BCUT2D eigenvalue weighted by molar-refractivity contribution is 0.136. The Kier molecular flexibility index (Phi) is 3.85. The molecule has 128 valence electrons. The van der Waals surface area contributed by atoms with Crippen molar-refractivity contribution in [2.24, 2.45) is 10.8 Å². The van der Waals surface area contributed by atoms with E-state index in [1.807, 2.05) is 12.1 Å². The van der Waals surface area contributed by atoms with Gasteiger partial charge in [-0.05, 0) is 30.1 Å². The lowest BCUT2D eigenvalue weighted by Crippen LogP contribution is -2.35. The van der Waals surface area contributed by atoms with Crippen LogP contribution in [0.15, 0.2) is 0 Å². The van der Waals surface area contributed by atoms with Crippen LogP contribution < -0.4 is 10.6 Å². The van der Waals surface area contributed by atoms with Crippen molar-refractivity contribution < 1.29 is 0 Å². The lowest BCUT2D eigenvalue weighted by Gasteiger charge is -2.39. The van der Waals surface area contributed by atoms with E-state index in [1.165, 1.54) is 0 Å². The Morgan fingerprint density at radius 1 is 1.16 bits per heavy atom. The summed E-state index contributed by atoms with van der Waals surface area (Å²) < 4.78 is 0. The lowest BCUT2D eigenvalue weighted by atomic mass is 9.65. The molecular formula is C19H22N6. The number of aromatic nitrogens is 1. The topological polar surface area (TPSA) is 114 Å². The molecule has 2 unspecified atom stereocenters. The van der Waals surface area contributed by atoms with Gasteiger partial charge in [0.2, 0.25) is 0 Å². The van der Waals surface area contributed by atoms with Crippen LogP contribution in [0.25, 0.3) is 0 Å². The average molecular weight is 334 g/mol. The molecule has 25 heavy (non-hydrogen) atoms. The van der Waals surface area contributed by atoms with Crippen LogP contribution in [0.1, 0.15) is 56.7 Å². The zero-order valence-corrected chi connectivity index (χ0v) is 14.9. The van der Waals surface area contributed by atoms with Crippen LogP contribution in [0.3, 0.4) is 0 Å². The van der Waals surface area contributed by atoms with Crippen molar-refractivity contribution in [1.29, 1.82) is 15.8 Å². The molecule has 1 aromatic heterocycles. The molecule has 3 rings (SSSR count). The first-order valence-corrected chi connectivity index (χ1v) is 8.50. The maximum atomic E-state index is 9.73. The Bertz CT molecular complexity index is 851. The highest BCUT2D eigenvalue weighted by atomic mass is 15.3. The smallest absolute Gasteiger partial charge is 0.149 e. The highest BCUT2D eigenvalue weighted by molar-refractivity contribution is 5.69. The second-order valence-corrected chi connectivity index (χ2v) is 8.45. The van der Waals surface area contributed by atoms with Gasteiger partial charge in [0, 0.05) is 18.2 Å². The summed E-state index contributed by atoms with van der Waals surface area (Å²) in [6, 6.07) is 6.52. The predicted molar refractivity (Wildman–Crippen MR) is 94.3 cm³/mol. The fraction of sp³-hybridized carbons (Fsp3) is 0.579. The summed E-state index contributed by atoms with van der Waals surface area (Å²) in [6.45, 7) is 7.68. The second kappa shape index (κ2) is 5.64. The van der Waals surface area contributed by atoms with Gasteiger partial charge in [-0.3, -0.25) is 0 Å². The number of rotatable bonds is 2. The quantitative estimate of drug-likeness (QED) is 0.889. The van der Waals surface area contributed by atoms with E-state index in [1.54, 1.807) is 0 Å². The van der Waals surface area contributed by atoms with Crippen molar-refractivity contribution >= 4 is 11.6 Å². The van der Waals surface area contributed by atoms with Crippen LogP contribution >= 0.6 is 0 Å². The molecule has 2 fully saturated rings. The largest absolute Gasteiger partial charge is 0.383 e. The molecule has 2 atom stereocenters. The highest BCUT2D eigenvalue weighted by Crippen LogP contribution is 2.53. The Hall–Kier alpha value is -2.78.